The molecule has 5 rings (SSSR count). The molecule has 2 aromatic carbocycles. The Balaban J connectivity index is 1.34. The van der Waals surface area contributed by atoms with Crippen LogP contribution in [0.4, 0.5) is 10.8 Å². The van der Waals surface area contributed by atoms with E-state index >= 15 is 0 Å². The Hall–Kier alpha value is -3.14. The van der Waals surface area contributed by atoms with Crippen LogP contribution in [0.1, 0.15) is 5.56 Å². The van der Waals surface area contributed by atoms with Crippen LogP contribution in [0.5, 0.6) is 0 Å². The average molecular weight is 499 g/mol. The minimum Gasteiger partial charge on any atom is -0.468 e. The molecular weight excluding hydrogens is 476 g/mol. The zero-order valence-electron chi connectivity index (χ0n) is 18.5. The van der Waals surface area contributed by atoms with Gasteiger partial charge in [-0.3, -0.25) is 9.59 Å². The lowest BCUT2D eigenvalue weighted by Gasteiger charge is -2.28. The number of morpholine rings is 1. The van der Waals surface area contributed by atoms with Crippen molar-refractivity contribution in [1.29, 1.82) is 0 Å². The summed E-state index contributed by atoms with van der Waals surface area (Å²) in [5.41, 5.74) is 3.56. The quantitative estimate of drug-likeness (QED) is 0.403. The van der Waals surface area contributed by atoms with Gasteiger partial charge in [-0.05, 0) is 42.0 Å². The van der Waals surface area contributed by atoms with Crippen LogP contribution in [0.2, 0.25) is 5.02 Å². The second-order valence-electron chi connectivity index (χ2n) is 8.02. The Morgan fingerprint density at radius 3 is 2.82 bits per heavy atom. The fraction of sp³-hybridized carbons (Fsp3) is 0.292. The van der Waals surface area contributed by atoms with Crippen molar-refractivity contribution in [3.63, 3.8) is 0 Å². The normalized spacial score (nSPS) is 14.0. The van der Waals surface area contributed by atoms with Gasteiger partial charge in [0.2, 0.25) is 5.91 Å². The van der Waals surface area contributed by atoms with Crippen LogP contribution in [0.15, 0.2) is 42.6 Å². The first-order valence-corrected chi connectivity index (χ1v) is 12.1. The maximum Gasteiger partial charge on any atom is 0.325 e. The Kier molecular flexibility index (Phi) is 6.40. The highest BCUT2D eigenvalue weighted by atomic mass is 35.5. The predicted molar refractivity (Wildman–Crippen MR) is 134 cm³/mol. The molecule has 176 valence electrons. The first-order chi connectivity index (χ1) is 16.5. The third kappa shape index (κ3) is 4.72. The van der Waals surface area contributed by atoms with Gasteiger partial charge in [0.1, 0.15) is 6.54 Å². The fourth-order valence-electron chi connectivity index (χ4n) is 4.14. The van der Waals surface area contributed by atoms with E-state index < -0.39 is 0 Å². The van der Waals surface area contributed by atoms with Crippen LogP contribution >= 0.6 is 22.9 Å². The van der Waals surface area contributed by atoms with Gasteiger partial charge < -0.3 is 24.3 Å². The Morgan fingerprint density at radius 2 is 2.03 bits per heavy atom. The summed E-state index contributed by atoms with van der Waals surface area (Å²) in [5.74, 6) is -0.557. The van der Waals surface area contributed by atoms with Gasteiger partial charge in [-0.15, -0.1) is 0 Å². The highest BCUT2D eigenvalue weighted by Crippen LogP contribution is 2.31. The number of nitrogens with one attached hydrogen (secondary N) is 1. The summed E-state index contributed by atoms with van der Waals surface area (Å²) in [6.07, 6.45) is 1.92. The maximum atomic E-state index is 12.9. The first kappa shape index (κ1) is 22.6. The molecule has 0 radical (unpaired) electrons. The van der Waals surface area contributed by atoms with Crippen LogP contribution in [-0.4, -0.2) is 54.8 Å². The minimum atomic E-state index is -0.367. The fourth-order valence-corrected chi connectivity index (χ4v) is 5.23. The molecule has 4 aromatic rings. The molecule has 1 aliphatic rings. The number of rotatable bonds is 6. The molecule has 2 aromatic heterocycles. The third-order valence-corrected chi connectivity index (χ3v) is 6.97. The third-order valence-electron chi connectivity index (χ3n) is 5.80. The van der Waals surface area contributed by atoms with E-state index in [2.05, 4.69) is 27.3 Å². The first-order valence-electron chi connectivity index (χ1n) is 10.9. The summed E-state index contributed by atoms with van der Waals surface area (Å²) < 4.78 is 13.0. The van der Waals surface area contributed by atoms with Crippen molar-refractivity contribution in [1.82, 2.24) is 9.55 Å². The van der Waals surface area contributed by atoms with Crippen LogP contribution < -0.4 is 10.2 Å². The van der Waals surface area contributed by atoms with Crippen molar-refractivity contribution in [2.45, 2.75) is 13.0 Å². The number of carbonyl (C=O) groups is 2. The zero-order chi connectivity index (χ0) is 23.7. The molecular formula is C24H23ClN4O4S. The van der Waals surface area contributed by atoms with Crippen molar-refractivity contribution in [2.75, 3.05) is 43.6 Å². The predicted octanol–water partition coefficient (Wildman–Crippen LogP) is 4.10. The number of ether oxygens (including phenoxy) is 2. The van der Waals surface area contributed by atoms with Crippen molar-refractivity contribution in [3.05, 3.63) is 53.2 Å². The monoisotopic (exact) mass is 498 g/mol. The van der Waals surface area contributed by atoms with Gasteiger partial charge in [-0.25, -0.2) is 4.98 Å². The number of amides is 1. The van der Waals surface area contributed by atoms with Crippen LogP contribution in [0, 0.1) is 0 Å². The SMILES string of the molecule is COC(=O)Cn1cc(CC(=O)Nc2nc3ccc(N4CCOCC4)cc3s2)c2cc(Cl)ccc21. The van der Waals surface area contributed by atoms with E-state index in [-0.39, 0.29) is 24.8 Å². The van der Waals surface area contributed by atoms with Crippen molar-refractivity contribution < 1.29 is 19.1 Å². The van der Waals surface area contributed by atoms with E-state index in [0.29, 0.717) is 10.2 Å². The van der Waals surface area contributed by atoms with Crippen molar-refractivity contribution >= 4 is 66.8 Å². The van der Waals surface area contributed by atoms with E-state index in [1.807, 2.05) is 12.1 Å². The van der Waals surface area contributed by atoms with E-state index in [4.69, 9.17) is 21.1 Å². The molecule has 1 aliphatic heterocycles. The van der Waals surface area contributed by atoms with Gasteiger partial charge >= 0.3 is 5.97 Å². The minimum absolute atomic E-state index is 0.0552. The largest absolute Gasteiger partial charge is 0.468 e. The number of fused-ring (bicyclic) bond motifs is 2. The summed E-state index contributed by atoms with van der Waals surface area (Å²) >= 11 is 7.64. The second-order valence-corrected chi connectivity index (χ2v) is 9.48. The molecule has 34 heavy (non-hydrogen) atoms. The van der Waals surface area contributed by atoms with E-state index in [0.717, 1.165) is 58.7 Å². The summed E-state index contributed by atoms with van der Waals surface area (Å²) in [5, 5.41) is 4.86. The van der Waals surface area contributed by atoms with E-state index in [1.165, 1.54) is 18.4 Å². The van der Waals surface area contributed by atoms with Gasteiger partial charge in [0, 0.05) is 40.9 Å². The van der Waals surface area contributed by atoms with Crippen LogP contribution in [0.25, 0.3) is 21.1 Å². The summed E-state index contributed by atoms with van der Waals surface area (Å²) in [6, 6.07) is 11.5. The molecule has 10 heteroatoms. The number of carbonyl (C=O) groups excluding carboxylic acids is 2. The molecule has 1 amide bonds. The van der Waals surface area contributed by atoms with Gasteiger partial charge in [-0.2, -0.15) is 0 Å². The Bertz CT molecular complexity index is 1380. The van der Waals surface area contributed by atoms with Crippen molar-refractivity contribution in [2.24, 2.45) is 0 Å². The molecule has 0 unspecified atom stereocenters. The van der Waals surface area contributed by atoms with Gasteiger partial charge in [0.05, 0.1) is 37.0 Å². The summed E-state index contributed by atoms with van der Waals surface area (Å²) in [6.45, 7) is 3.23. The average Bonchev–Trinajstić information content (AvgIpc) is 3.39. The molecule has 0 aliphatic carbocycles. The molecule has 1 N–H and O–H groups in total. The lowest BCUT2D eigenvalue weighted by Crippen LogP contribution is -2.36. The van der Waals surface area contributed by atoms with Gasteiger partial charge in [-0.1, -0.05) is 22.9 Å². The van der Waals surface area contributed by atoms with E-state index in [9.17, 15) is 9.59 Å². The second kappa shape index (κ2) is 9.61. The molecule has 0 bridgehead atoms. The van der Waals surface area contributed by atoms with Gasteiger partial charge in [0.15, 0.2) is 5.13 Å². The van der Waals surface area contributed by atoms with Crippen LogP contribution in [0.3, 0.4) is 0 Å². The molecule has 0 saturated carbocycles. The summed E-state index contributed by atoms with van der Waals surface area (Å²) in [7, 11) is 1.35. The molecule has 1 saturated heterocycles. The maximum absolute atomic E-state index is 12.9. The highest BCUT2D eigenvalue weighted by molar-refractivity contribution is 7.22. The number of thiazole rings is 1. The molecule has 0 spiro atoms. The number of halogens is 1. The number of nitrogens with zero attached hydrogens (tertiary/aromatic N) is 3. The number of esters is 1. The highest BCUT2D eigenvalue weighted by Gasteiger charge is 2.17. The number of hydrogen-bond acceptors (Lipinski definition) is 7. The molecule has 0 atom stereocenters. The standard InChI is InChI=1S/C24H23ClN4O4S/c1-32-23(31)14-29-13-15(18-11-16(25)2-5-20(18)29)10-22(30)27-24-26-19-4-3-17(12-21(19)34-24)28-6-8-33-9-7-28/h2-5,11-13H,6-10,14H2,1H3,(H,26,27,30). The van der Waals surface area contributed by atoms with Gasteiger partial charge in [0.25, 0.3) is 0 Å². The number of anilines is 2. The number of hydrogen-bond donors (Lipinski definition) is 1. The zero-order valence-corrected chi connectivity index (χ0v) is 20.1. The van der Waals surface area contributed by atoms with E-state index in [1.54, 1.807) is 22.9 Å². The lowest BCUT2D eigenvalue weighted by atomic mass is 10.1. The Morgan fingerprint density at radius 1 is 1.21 bits per heavy atom. The smallest absolute Gasteiger partial charge is 0.325 e. The number of aromatic nitrogens is 2. The topological polar surface area (TPSA) is 85.7 Å². The lowest BCUT2D eigenvalue weighted by molar-refractivity contribution is -0.141. The van der Waals surface area contributed by atoms with Crippen LogP contribution in [-0.2, 0) is 32.0 Å². The number of methoxy groups -OCH3 is 1. The molecule has 1 fully saturated rings. The molecule has 3 heterocycles. The summed E-state index contributed by atoms with van der Waals surface area (Å²) in [4.78, 5) is 31.6. The molecule has 8 nitrogen and oxygen atoms in total. The van der Waals surface area contributed by atoms with Crippen molar-refractivity contribution in [3.8, 4) is 0 Å². The Labute approximate surface area is 205 Å². The number of benzene rings is 2.